The summed E-state index contributed by atoms with van der Waals surface area (Å²) >= 11 is 1.38. The smallest absolute Gasteiger partial charge is 0.273 e. The molecule has 26 heavy (non-hydrogen) atoms. The molecule has 1 unspecified atom stereocenters. The van der Waals surface area contributed by atoms with E-state index < -0.39 is 6.10 Å². The maximum atomic E-state index is 12.8. The van der Waals surface area contributed by atoms with E-state index in [9.17, 15) is 9.90 Å². The first kappa shape index (κ1) is 17.0. The van der Waals surface area contributed by atoms with Crippen LogP contribution in [0.1, 0.15) is 24.5 Å². The van der Waals surface area contributed by atoms with Crippen molar-refractivity contribution in [1.29, 1.82) is 0 Å². The summed E-state index contributed by atoms with van der Waals surface area (Å²) in [5.74, 6) is 0.667. The summed E-state index contributed by atoms with van der Waals surface area (Å²) in [6.07, 6.45) is 2.94. The number of hydrogen-bond donors (Lipinski definition) is 1. The summed E-state index contributed by atoms with van der Waals surface area (Å²) in [4.78, 5) is 23.8. The first-order valence-electron chi connectivity index (χ1n) is 8.58. The highest BCUT2D eigenvalue weighted by Gasteiger charge is 2.19. The molecule has 1 aliphatic rings. The molecule has 1 fully saturated rings. The molecule has 0 aliphatic carbocycles. The van der Waals surface area contributed by atoms with Crippen molar-refractivity contribution in [2.75, 3.05) is 25.1 Å². The van der Waals surface area contributed by atoms with Crippen molar-refractivity contribution < 1.29 is 9.84 Å². The van der Waals surface area contributed by atoms with Gasteiger partial charge in [0.05, 0.1) is 19.8 Å². The third kappa shape index (κ3) is 3.17. The minimum absolute atomic E-state index is 0.131. The van der Waals surface area contributed by atoms with Gasteiger partial charge in [-0.25, -0.2) is 4.98 Å². The molecular weight excluding hydrogens is 352 g/mol. The van der Waals surface area contributed by atoms with Crippen molar-refractivity contribution in [2.24, 2.45) is 0 Å². The highest BCUT2D eigenvalue weighted by Crippen LogP contribution is 2.28. The highest BCUT2D eigenvalue weighted by molar-refractivity contribution is 7.22. The predicted molar refractivity (Wildman–Crippen MR) is 101 cm³/mol. The van der Waals surface area contributed by atoms with Gasteiger partial charge in [0.2, 0.25) is 0 Å². The molecule has 0 radical (unpaired) electrons. The van der Waals surface area contributed by atoms with E-state index in [2.05, 4.69) is 14.9 Å². The lowest BCUT2D eigenvalue weighted by molar-refractivity contribution is 0.154. The molecule has 0 amide bonds. The Bertz CT molecular complexity index is 978. The predicted octanol–water partition coefficient (Wildman–Crippen LogP) is 2.20. The van der Waals surface area contributed by atoms with Gasteiger partial charge in [-0.1, -0.05) is 23.5 Å². The van der Waals surface area contributed by atoms with E-state index in [1.807, 2.05) is 18.2 Å². The Morgan fingerprint density at radius 1 is 1.35 bits per heavy atom. The molecule has 1 saturated heterocycles. The molecule has 3 aromatic rings. The van der Waals surface area contributed by atoms with Crippen molar-refractivity contribution in [3.63, 3.8) is 0 Å². The SMILES string of the molecule is COc1cccc(C(O)Cn2cnc3nc(N4CCCC4)sc3c2=O)c1. The van der Waals surface area contributed by atoms with Gasteiger partial charge in [-0.05, 0) is 30.5 Å². The van der Waals surface area contributed by atoms with Crippen molar-refractivity contribution in [3.05, 3.63) is 46.5 Å². The van der Waals surface area contributed by atoms with Gasteiger partial charge in [0.1, 0.15) is 16.8 Å². The van der Waals surface area contributed by atoms with Crippen LogP contribution in [-0.2, 0) is 6.54 Å². The molecule has 8 heteroatoms. The van der Waals surface area contributed by atoms with Gasteiger partial charge < -0.3 is 14.7 Å². The van der Waals surface area contributed by atoms with Crippen molar-refractivity contribution in [3.8, 4) is 5.75 Å². The van der Waals surface area contributed by atoms with Crippen LogP contribution in [0.15, 0.2) is 35.4 Å². The fourth-order valence-corrected chi connectivity index (χ4v) is 4.17. The number of anilines is 1. The summed E-state index contributed by atoms with van der Waals surface area (Å²) in [5.41, 5.74) is 1.01. The number of hydrogen-bond acceptors (Lipinski definition) is 7. The maximum absolute atomic E-state index is 12.8. The minimum Gasteiger partial charge on any atom is -0.497 e. The third-order valence-corrected chi connectivity index (χ3v) is 5.69. The number of aromatic nitrogens is 3. The van der Waals surface area contributed by atoms with Gasteiger partial charge in [-0.15, -0.1) is 0 Å². The standard InChI is InChI=1S/C18H20N4O3S/c1-25-13-6-4-5-12(9-13)14(23)10-22-11-19-16-15(17(22)24)26-18(20-16)21-7-2-3-8-21/h4-6,9,11,14,23H,2-3,7-8,10H2,1H3. The van der Waals surface area contributed by atoms with Gasteiger partial charge in [0, 0.05) is 13.1 Å². The Kier molecular flexibility index (Phi) is 4.60. The van der Waals surface area contributed by atoms with E-state index in [4.69, 9.17) is 4.74 Å². The number of thiazole rings is 1. The molecule has 4 rings (SSSR count). The molecule has 0 saturated carbocycles. The Hall–Kier alpha value is -2.45. The number of aliphatic hydroxyl groups excluding tert-OH is 1. The van der Waals surface area contributed by atoms with E-state index in [0.29, 0.717) is 21.7 Å². The van der Waals surface area contributed by atoms with Crippen LogP contribution in [-0.4, -0.2) is 39.8 Å². The van der Waals surface area contributed by atoms with Gasteiger partial charge in [0.15, 0.2) is 10.8 Å². The van der Waals surface area contributed by atoms with Crippen molar-refractivity contribution in [2.45, 2.75) is 25.5 Å². The van der Waals surface area contributed by atoms with Crippen LogP contribution >= 0.6 is 11.3 Å². The molecule has 3 heterocycles. The summed E-state index contributed by atoms with van der Waals surface area (Å²) in [6, 6.07) is 7.20. The lowest BCUT2D eigenvalue weighted by atomic mass is 10.1. The van der Waals surface area contributed by atoms with Crippen LogP contribution in [0, 0.1) is 0 Å². The highest BCUT2D eigenvalue weighted by atomic mass is 32.1. The number of rotatable bonds is 5. The van der Waals surface area contributed by atoms with E-state index in [1.54, 1.807) is 13.2 Å². The van der Waals surface area contributed by atoms with Crippen molar-refractivity contribution >= 4 is 26.8 Å². The monoisotopic (exact) mass is 372 g/mol. The molecule has 7 nitrogen and oxygen atoms in total. The molecule has 1 aromatic carbocycles. The Balaban J connectivity index is 1.61. The Morgan fingerprint density at radius 2 is 2.15 bits per heavy atom. The summed E-state index contributed by atoms with van der Waals surface area (Å²) < 4.78 is 7.16. The Morgan fingerprint density at radius 3 is 2.92 bits per heavy atom. The average molecular weight is 372 g/mol. The van der Waals surface area contributed by atoms with E-state index in [0.717, 1.165) is 31.1 Å². The third-order valence-electron chi connectivity index (χ3n) is 4.60. The zero-order valence-electron chi connectivity index (χ0n) is 14.5. The second-order valence-corrected chi connectivity index (χ2v) is 7.32. The number of aliphatic hydroxyl groups is 1. The largest absolute Gasteiger partial charge is 0.497 e. The Labute approximate surface area is 154 Å². The lowest BCUT2D eigenvalue weighted by Crippen LogP contribution is -2.23. The number of fused-ring (bicyclic) bond motifs is 1. The number of methoxy groups -OCH3 is 1. The number of benzene rings is 1. The van der Waals surface area contributed by atoms with Crippen LogP contribution in [0.4, 0.5) is 5.13 Å². The zero-order chi connectivity index (χ0) is 18.1. The van der Waals surface area contributed by atoms with E-state index >= 15 is 0 Å². The van der Waals surface area contributed by atoms with E-state index in [1.165, 1.54) is 22.2 Å². The number of ether oxygens (including phenoxy) is 1. The van der Waals surface area contributed by atoms with Crippen LogP contribution in [0.25, 0.3) is 10.3 Å². The quantitative estimate of drug-likeness (QED) is 0.740. The molecule has 2 aromatic heterocycles. The van der Waals surface area contributed by atoms with Gasteiger partial charge in [-0.3, -0.25) is 9.36 Å². The van der Waals surface area contributed by atoms with Gasteiger partial charge in [-0.2, -0.15) is 4.98 Å². The zero-order valence-corrected chi connectivity index (χ0v) is 15.3. The molecule has 1 N–H and O–H groups in total. The first-order chi connectivity index (χ1) is 12.7. The summed E-state index contributed by atoms with van der Waals surface area (Å²) in [7, 11) is 1.58. The van der Waals surface area contributed by atoms with Crippen LogP contribution in [0.2, 0.25) is 0 Å². The summed E-state index contributed by atoms with van der Waals surface area (Å²) in [6.45, 7) is 2.08. The van der Waals surface area contributed by atoms with E-state index in [-0.39, 0.29) is 12.1 Å². The van der Waals surface area contributed by atoms with Crippen LogP contribution in [0.5, 0.6) is 5.75 Å². The van der Waals surface area contributed by atoms with Crippen LogP contribution in [0.3, 0.4) is 0 Å². The minimum atomic E-state index is -0.826. The maximum Gasteiger partial charge on any atom is 0.273 e. The van der Waals surface area contributed by atoms with Gasteiger partial charge >= 0.3 is 0 Å². The van der Waals surface area contributed by atoms with Gasteiger partial charge in [0.25, 0.3) is 5.56 Å². The average Bonchev–Trinajstić information content (AvgIpc) is 3.33. The first-order valence-corrected chi connectivity index (χ1v) is 9.40. The summed E-state index contributed by atoms with van der Waals surface area (Å²) in [5, 5.41) is 11.4. The second-order valence-electron chi connectivity index (χ2n) is 6.34. The van der Waals surface area contributed by atoms with Crippen molar-refractivity contribution in [1.82, 2.24) is 14.5 Å². The molecular formula is C18H20N4O3S. The second kappa shape index (κ2) is 7.05. The fourth-order valence-electron chi connectivity index (χ4n) is 3.15. The fraction of sp³-hybridized carbons (Fsp3) is 0.389. The molecule has 0 spiro atoms. The topological polar surface area (TPSA) is 80.5 Å². The molecule has 136 valence electrons. The molecule has 1 atom stereocenters. The molecule has 1 aliphatic heterocycles. The lowest BCUT2D eigenvalue weighted by Gasteiger charge is -2.13. The van der Waals surface area contributed by atoms with Crippen LogP contribution < -0.4 is 15.2 Å². The molecule has 0 bridgehead atoms. The normalized spacial score (nSPS) is 15.5. The number of nitrogens with zero attached hydrogens (tertiary/aromatic N) is 4.